The van der Waals surface area contributed by atoms with Crippen molar-refractivity contribution in [1.29, 1.82) is 0 Å². The maximum atomic E-state index is 5.94. The second-order valence-electron chi connectivity index (χ2n) is 6.80. The van der Waals surface area contributed by atoms with Gasteiger partial charge in [0.1, 0.15) is 0 Å². The second-order valence-corrected chi connectivity index (χ2v) is 7.58. The van der Waals surface area contributed by atoms with Gasteiger partial charge in [-0.25, -0.2) is 0 Å². The average Bonchev–Trinajstić information content (AvgIpc) is 3.18. The van der Waals surface area contributed by atoms with Crippen molar-refractivity contribution in [2.24, 2.45) is 11.3 Å². The standard InChI is InChI=1S/C16H21N3O2S/c1-16(2)13(11-4-3-6-20-14(11)16)17-8-12-18-15(19-21-12)10-5-7-22-9-10/h5,7,9,11,13-14,17H,3-4,6,8H2,1-2H3. The van der Waals surface area contributed by atoms with E-state index < -0.39 is 0 Å². The van der Waals surface area contributed by atoms with E-state index in [1.807, 2.05) is 16.8 Å². The number of nitrogens with zero attached hydrogens (tertiary/aromatic N) is 2. The Morgan fingerprint density at radius 3 is 3.18 bits per heavy atom. The average molecular weight is 319 g/mol. The number of ether oxygens (including phenoxy) is 1. The van der Waals surface area contributed by atoms with Gasteiger partial charge in [-0.2, -0.15) is 16.3 Å². The first-order valence-corrected chi connectivity index (χ1v) is 8.80. The van der Waals surface area contributed by atoms with E-state index in [0.717, 1.165) is 18.6 Å². The predicted octanol–water partition coefficient (Wildman–Crippen LogP) is 3.09. The van der Waals surface area contributed by atoms with Gasteiger partial charge in [-0.1, -0.05) is 19.0 Å². The van der Waals surface area contributed by atoms with Crippen LogP contribution in [0.25, 0.3) is 11.4 Å². The fraction of sp³-hybridized carbons (Fsp3) is 0.625. The highest BCUT2D eigenvalue weighted by Gasteiger charge is 2.57. The van der Waals surface area contributed by atoms with E-state index in [1.165, 1.54) is 6.42 Å². The van der Waals surface area contributed by atoms with Crippen LogP contribution in [0.2, 0.25) is 0 Å². The Balaban J connectivity index is 1.40. The molecule has 118 valence electrons. The zero-order chi connectivity index (χ0) is 15.2. The Kier molecular flexibility index (Phi) is 3.55. The fourth-order valence-corrected chi connectivity index (χ4v) is 4.60. The molecule has 3 unspecified atom stereocenters. The molecule has 2 fully saturated rings. The van der Waals surface area contributed by atoms with Gasteiger partial charge in [0.2, 0.25) is 11.7 Å². The lowest BCUT2D eigenvalue weighted by Crippen LogP contribution is -2.69. The Morgan fingerprint density at radius 2 is 2.36 bits per heavy atom. The molecule has 2 aliphatic rings. The molecular weight excluding hydrogens is 298 g/mol. The molecule has 0 spiro atoms. The molecule has 3 heterocycles. The Morgan fingerprint density at radius 1 is 1.45 bits per heavy atom. The topological polar surface area (TPSA) is 60.2 Å². The molecule has 6 heteroatoms. The summed E-state index contributed by atoms with van der Waals surface area (Å²) in [6.45, 7) is 6.09. The molecule has 0 bridgehead atoms. The molecule has 2 aromatic heterocycles. The highest BCUT2D eigenvalue weighted by molar-refractivity contribution is 7.08. The fourth-order valence-electron chi connectivity index (χ4n) is 3.97. The number of aromatic nitrogens is 2. The van der Waals surface area contributed by atoms with Gasteiger partial charge in [-0.05, 0) is 24.3 Å². The molecule has 4 rings (SSSR count). The van der Waals surface area contributed by atoms with Crippen LogP contribution in [-0.2, 0) is 11.3 Å². The minimum Gasteiger partial charge on any atom is -0.377 e. The van der Waals surface area contributed by atoms with Crippen molar-refractivity contribution in [2.75, 3.05) is 6.61 Å². The minimum atomic E-state index is 0.168. The lowest BCUT2D eigenvalue weighted by Gasteiger charge is -2.60. The van der Waals surface area contributed by atoms with Crippen molar-refractivity contribution in [3.8, 4) is 11.4 Å². The van der Waals surface area contributed by atoms with Crippen LogP contribution in [0.3, 0.4) is 0 Å². The lowest BCUT2D eigenvalue weighted by molar-refractivity contribution is -0.193. The zero-order valence-electron chi connectivity index (χ0n) is 12.9. The summed E-state index contributed by atoms with van der Waals surface area (Å²) in [5.74, 6) is 1.94. The lowest BCUT2D eigenvalue weighted by atomic mass is 9.55. The highest BCUT2D eigenvalue weighted by atomic mass is 32.1. The van der Waals surface area contributed by atoms with Crippen LogP contribution < -0.4 is 5.32 Å². The molecule has 1 saturated heterocycles. The van der Waals surface area contributed by atoms with Crippen LogP contribution in [0, 0.1) is 11.3 Å². The molecule has 1 saturated carbocycles. The van der Waals surface area contributed by atoms with E-state index in [9.17, 15) is 0 Å². The molecule has 0 aromatic carbocycles. The largest absolute Gasteiger partial charge is 0.377 e. The van der Waals surface area contributed by atoms with Gasteiger partial charge in [0.15, 0.2) is 0 Å². The zero-order valence-corrected chi connectivity index (χ0v) is 13.7. The molecule has 2 aromatic rings. The van der Waals surface area contributed by atoms with E-state index in [-0.39, 0.29) is 5.41 Å². The van der Waals surface area contributed by atoms with E-state index in [4.69, 9.17) is 9.26 Å². The summed E-state index contributed by atoms with van der Waals surface area (Å²) in [7, 11) is 0. The van der Waals surface area contributed by atoms with Crippen molar-refractivity contribution in [3.05, 3.63) is 22.7 Å². The van der Waals surface area contributed by atoms with Gasteiger partial charge in [0.25, 0.3) is 0 Å². The van der Waals surface area contributed by atoms with E-state index in [0.29, 0.717) is 36.3 Å². The quantitative estimate of drug-likeness (QED) is 0.938. The second kappa shape index (κ2) is 5.44. The molecule has 3 atom stereocenters. The first-order valence-electron chi connectivity index (χ1n) is 7.86. The monoisotopic (exact) mass is 319 g/mol. The summed E-state index contributed by atoms with van der Waals surface area (Å²) in [5, 5.41) is 11.7. The number of nitrogens with one attached hydrogen (secondary N) is 1. The van der Waals surface area contributed by atoms with Gasteiger partial charge in [-0.3, -0.25) is 0 Å². The molecule has 22 heavy (non-hydrogen) atoms. The molecule has 5 nitrogen and oxygen atoms in total. The number of fused-ring (bicyclic) bond motifs is 1. The SMILES string of the molecule is CC1(C)C(NCc2nc(-c3ccsc3)no2)C2CCCOC21. The molecule has 1 aliphatic heterocycles. The molecular formula is C16H21N3O2S. The maximum absolute atomic E-state index is 5.94. The summed E-state index contributed by atoms with van der Waals surface area (Å²) in [5.41, 5.74) is 1.19. The third-order valence-corrected chi connectivity index (χ3v) is 5.73. The van der Waals surface area contributed by atoms with E-state index in [1.54, 1.807) is 11.3 Å². The third-order valence-electron chi connectivity index (χ3n) is 5.05. The van der Waals surface area contributed by atoms with Gasteiger partial charge in [0.05, 0.1) is 12.6 Å². The molecule has 0 radical (unpaired) electrons. The first kappa shape index (κ1) is 14.4. The van der Waals surface area contributed by atoms with Crippen molar-refractivity contribution < 1.29 is 9.26 Å². The van der Waals surface area contributed by atoms with Crippen LogP contribution in [0.4, 0.5) is 0 Å². The van der Waals surface area contributed by atoms with Gasteiger partial charge < -0.3 is 14.6 Å². The Labute approximate surface area is 134 Å². The number of thiophene rings is 1. The molecule has 1 aliphatic carbocycles. The van der Waals surface area contributed by atoms with Crippen LogP contribution in [-0.4, -0.2) is 28.9 Å². The van der Waals surface area contributed by atoms with Gasteiger partial charge in [-0.15, -0.1) is 0 Å². The third kappa shape index (κ3) is 2.30. The Bertz CT molecular complexity index is 638. The molecule has 0 amide bonds. The number of rotatable bonds is 4. The summed E-state index contributed by atoms with van der Waals surface area (Å²) < 4.78 is 11.3. The smallest absolute Gasteiger partial charge is 0.240 e. The highest BCUT2D eigenvalue weighted by Crippen LogP contribution is 2.51. The van der Waals surface area contributed by atoms with Crippen molar-refractivity contribution in [1.82, 2.24) is 15.5 Å². The normalized spacial score (nSPS) is 29.8. The van der Waals surface area contributed by atoms with Crippen molar-refractivity contribution in [3.63, 3.8) is 0 Å². The van der Waals surface area contributed by atoms with Crippen LogP contribution >= 0.6 is 11.3 Å². The minimum absolute atomic E-state index is 0.168. The molecule has 1 N–H and O–H groups in total. The van der Waals surface area contributed by atoms with Crippen molar-refractivity contribution >= 4 is 11.3 Å². The maximum Gasteiger partial charge on any atom is 0.240 e. The number of hydrogen-bond donors (Lipinski definition) is 1. The van der Waals surface area contributed by atoms with Crippen LogP contribution in [0.15, 0.2) is 21.3 Å². The van der Waals surface area contributed by atoms with Crippen molar-refractivity contribution in [2.45, 2.75) is 45.4 Å². The first-order chi connectivity index (χ1) is 10.7. The number of hydrogen-bond acceptors (Lipinski definition) is 6. The summed E-state index contributed by atoms with van der Waals surface area (Å²) >= 11 is 1.64. The Hall–Kier alpha value is -1.24. The van der Waals surface area contributed by atoms with E-state index >= 15 is 0 Å². The summed E-state index contributed by atoms with van der Waals surface area (Å²) in [6, 6.07) is 2.46. The van der Waals surface area contributed by atoms with E-state index in [2.05, 4.69) is 29.3 Å². The van der Waals surface area contributed by atoms with Crippen LogP contribution in [0.1, 0.15) is 32.6 Å². The predicted molar refractivity (Wildman–Crippen MR) is 84.5 cm³/mol. The summed E-state index contributed by atoms with van der Waals surface area (Å²) in [4.78, 5) is 4.47. The van der Waals surface area contributed by atoms with Gasteiger partial charge in [0, 0.05) is 34.9 Å². The van der Waals surface area contributed by atoms with Crippen LogP contribution in [0.5, 0.6) is 0 Å². The summed E-state index contributed by atoms with van der Waals surface area (Å²) in [6.07, 6.45) is 2.80. The van der Waals surface area contributed by atoms with Gasteiger partial charge >= 0.3 is 0 Å².